The van der Waals surface area contributed by atoms with Crippen molar-refractivity contribution in [3.05, 3.63) is 17.6 Å². The van der Waals surface area contributed by atoms with E-state index in [1.165, 1.54) is 0 Å². The molecule has 0 aliphatic carbocycles. The van der Waals surface area contributed by atoms with Gasteiger partial charge in [0.2, 0.25) is 0 Å². The minimum atomic E-state index is 0.515. The number of piperidine rings is 1. The molecule has 0 unspecified atom stereocenters. The van der Waals surface area contributed by atoms with E-state index in [4.69, 9.17) is 4.74 Å². The van der Waals surface area contributed by atoms with Gasteiger partial charge in [0.25, 0.3) is 0 Å². The van der Waals surface area contributed by atoms with E-state index in [1.54, 1.807) is 7.11 Å². The molecule has 0 radical (unpaired) electrons. The maximum absolute atomic E-state index is 5.14. The molecule has 1 aromatic heterocycles. The first-order valence-electron chi connectivity index (χ1n) is 6.65. The van der Waals surface area contributed by atoms with Crippen LogP contribution in [0, 0.1) is 0 Å². The average molecular weight is 250 g/mol. The van der Waals surface area contributed by atoms with Crippen LogP contribution in [0.2, 0.25) is 0 Å². The van der Waals surface area contributed by atoms with Crippen LogP contribution in [0.3, 0.4) is 0 Å². The molecule has 100 valence electrons. The predicted octanol–water partition coefficient (Wildman–Crippen LogP) is 1.35. The molecule has 2 N–H and O–H groups in total. The molecule has 1 fully saturated rings. The quantitative estimate of drug-likeness (QED) is 0.826. The standard InChI is InChI=1S/C13H22N4O/c1-3-12-16-11(9-18-2)8-13(17-12)15-10-4-6-14-7-5-10/h8,10,14H,3-7,9H2,1-2H3,(H,15,16,17). The number of rotatable bonds is 5. The number of aryl methyl sites for hydroxylation is 1. The molecule has 5 heteroatoms. The van der Waals surface area contributed by atoms with Gasteiger partial charge in [0.15, 0.2) is 0 Å². The summed E-state index contributed by atoms with van der Waals surface area (Å²) in [5.74, 6) is 1.81. The second-order valence-electron chi connectivity index (χ2n) is 4.62. The van der Waals surface area contributed by atoms with Crippen molar-refractivity contribution in [2.24, 2.45) is 0 Å². The van der Waals surface area contributed by atoms with Crippen molar-refractivity contribution in [3.8, 4) is 0 Å². The van der Waals surface area contributed by atoms with E-state index < -0.39 is 0 Å². The minimum absolute atomic E-state index is 0.515. The van der Waals surface area contributed by atoms with Crippen LogP contribution < -0.4 is 10.6 Å². The number of methoxy groups -OCH3 is 1. The first-order chi connectivity index (χ1) is 8.81. The molecule has 0 aromatic carbocycles. The Morgan fingerprint density at radius 3 is 2.83 bits per heavy atom. The lowest BCUT2D eigenvalue weighted by molar-refractivity contribution is 0.181. The SMILES string of the molecule is CCc1nc(COC)cc(NC2CCNCC2)n1. The molecule has 0 saturated carbocycles. The van der Waals surface area contributed by atoms with Gasteiger partial charge in [-0.25, -0.2) is 9.97 Å². The summed E-state index contributed by atoms with van der Waals surface area (Å²) in [7, 11) is 1.69. The fraction of sp³-hybridized carbons (Fsp3) is 0.692. The lowest BCUT2D eigenvalue weighted by atomic mass is 10.1. The van der Waals surface area contributed by atoms with Gasteiger partial charge in [-0.15, -0.1) is 0 Å². The molecule has 1 aliphatic rings. The first-order valence-corrected chi connectivity index (χ1v) is 6.65. The van der Waals surface area contributed by atoms with Crippen LogP contribution in [-0.2, 0) is 17.8 Å². The van der Waals surface area contributed by atoms with E-state index in [2.05, 4.69) is 27.5 Å². The topological polar surface area (TPSA) is 59.1 Å². The van der Waals surface area contributed by atoms with Crippen LogP contribution in [0.25, 0.3) is 0 Å². The molecule has 1 aliphatic heterocycles. The fourth-order valence-electron chi connectivity index (χ4n) is 2.18. The first kappa shape index (κ1) is 13.2. The number of nitrogens with zero attached hydrogens (tertiary/aromatic N) is 2. The van der Waals surface area contributed by atoms with Crippen LogP contribution >= 0.6 is 0 Å². The molecule has 5 nitrogen and oxygen atoms in total. The Morgan fingerprint density at radius 2 is 2.17 bits per heavy atom. The van der Waals surface area contributed by atoms with Gasteiger partial charge in [-0.1, -0.05) is 6.92 Å². The van der Waals surface area contributed by atoms with Crippen molar-refractivity contribution in [1.82, 2.24) is 15.3 Å². The third-order valence-electron chi connectivity index (χ3n) is 3.13. The Kier molecular flexibility index (Phi) is 4.90. The number of ether oxygens (including phenoxy) is 1. The highest BCUT2D eigenvalue weighted by molar-refractivity contribution is 5.37. The van der Waals surface area contributed by atoms with Crippen molar-refractivity contribution >= 4 is 5.82 Å². The smallest absolute Gasteiger partial charge is 0.130 e. The van der Waals surface area contributed by atoms with Crippen LogP contribution in [0.1, 0.15) is 31.3 Å². The third kappa shape index (κ3) is 3.65. The molecule has 2 heterocycles. The van der Waals surface area contributed by atoms with Crippen LogP contribution in [0.15, 0.2) is 6.07 Å². The van der Waals surface area contributed by atoms with Crippen molar-refractivity contribution in [2.75, 3.05) is 25.5 Å². The second-order valence-corrected chi connectivity index (χ2v) is 4.62. The molecule has 1 saturated heterocycles. The highest BCUT2D eigenvalue weighted by Crippen LogP contribution is 2.13. The zero-order chi connectivity index (χ0) is 12.8. The molecular formula is C13H22N4O. The molecule has 0 atom stereocenters. The third-order valence-corrected chi connectivity index (χ3v) is 3.13. The van der Waals surface area contributed by atoms with Crippen LogP contribution in [-0.4, -0.2) is 36.2 Å². The zero-order valence-corrected chi connectivity index (χ0v) is 11.2. The Hall–Kier alpha value is -1.20. The molecular weight excluding hydrogens is 228 g/mol. The van der Waals surface area contributed by atoms with Gasteiger partial charge in [-0.2, -0.15) is 0 Å². The molecule has 2 rings (SSSR count). The maximum atomic E-state index is 5.14. The van der Waals surface area contributed by atoms with Gasteiger partial charge in [0, 0.05) is 25.6 Å². The summed E-state index contributed by atoms with van der Waals surface area (Å²) in [6.07, 6.45) is 3.13. The van der Waals surface area contributed by atoms with Gasteiger partial charge in [-0.3, -0.25) is 0 Å². The lowest BCUT2D eigenvalue weighted by Crippen LogP contribution is -2.35. The summed E-state index contributed by atoms with van der Waals surface area (Å²) in [5, 5.41) is 6.87. The van der Waals surface area contributed by atoms with Gasteiger partial charge in [0.05, 0.1) is 12.3 Å². The van der Waals surface area contributed by atoms with Gasteiger partial charge < -0.3 is 15.4 Å². The van der Waals surface area contributed by atoms with Crippen LogP contribution in [0.4, 0.5) is 5.82 Å². The monoisotopic (exact) mass is 250 g/mol. The summed E-state index contributed by atoms with van der Waals surface area (Å²) in [6, 6.07) is 2.51. The molecule has 0 amide bonds. The van der Waals surface area contributed by atoms with Gasteiger partial charge >= 0.3 is 0 Å². The average Bonchev–Trinajstić information content (AvgIpc) is 2.40. The number of nitrogens with one attached hydrogen (secondary N) is 2. The summed E-state index contributed by atoms with van der Waals surface area (Å²) in [5.41, 5.74) is 0.945. The molecule has 0 spiro atoms. The van der Waals surface area contributed by atoms with Crippen molar-refractivity contribution in [1.29, 1.82) is 0 Å². The van der Waals surface area contributed by atoms with E-state index in [9.17, 15) is 0 Å². The highest BCUT2D eigenvalue weighted by Gasteiger charge is 2.14. The van der Waals surface area contributed by atoms with E-state index >= 15 is 0 Å². The lowest BCUT2D eigenvalue weighted by Gasteiger charge is -2.24. The summed E-state index contributed by atoms with van der Waals surface area (Å²) >= 11 is 0. The van der Waals surface area contributed by atoms with E-state index in [1.807, 2.05) is 6.07 Å². The van der Waals surface area contributed by atoms with Gasteiger partial charge in [0.1, 0.15) is 11.6 Å². The number of aromatic nitrogens is 2. The normalized spacial score (nSPS) is 16.8. The van der Waals surface area contributed by atoms with Crippen molar-refractivity contribution in [3.63, 3.8) is 0 Å². The molecule has 1 aromatic rings. The Labute approximate surface area is 108 Å². The fourth-order valence-corrected chi connectivity index (χ4v) is 2.18. The summed E-state index contributed by atoms with van der Waals surface area (Å²) in [4.78, 5) is 8.98. The van der Waals surface area contributed by atoms with Crippen molar-refractivity contribution in [2.45, 2.75) is 38.8 Å². The van der Waals surface area contributed by atoms with Crippen molar-refractivity contribution < 1.29 is 4.74 Å². The summed E-state index contributed by atoms with van der Waals surface area (Å²) < 4.78 is 5.14. The maximum Gasteiger partial charge on any atom is 0.130 e. The van der Waals surface area contributed by atoms with E-state index in [0.717, 1.165) is 49.7 Å². The molecule has 0 bridgehead atoms. The minimum Gasteiger partial charge on any atom is -0.378 e. The largest absolute Gasteiger partial charge is 0.378 e. The van der Waals surface area contributed by atoms with E-state index in [-0.39, 0.29) is 0 Å². The Bertz CT molecular complexity index is 377. The number of anilines is 1. The molecule has 18 heavy (non-hydrogen) atoms. The van der Waals surface area contributed by atoms with E-state index in [0.29, 0.717) is 12.6 Å². The number of hydrogen-bond donors (Lipinski definition) is 2. The Balaban J connectivity index is 2.07. The van der Waals surface area contributed by atoms with Gasteiger partial charge in [-0.05, 0) is 25.9 Å². The Morgan fingerprint density at radius 1 is 1.39 bits per heavy atom. The second kappa shape index (κ2) is 6.66. The van der Waals surface area contributed by atoms with Crippen LogP contribution in [0.5, 0.6) is 0 Å². The summed E-state index contributed by atoms with van der Waals surface area (Å²) in [6.45, 7) is 4.76. The number of hydrogen-bond acceptors (Lipinski definition) is 5. The highest BCUT2D eigenvalue weighted by atomic mass is 16.5. The predicted molar refractivity (Wildman–Crippen MR) is 71.6 cm³/mol. The zero-order valence-electron chi connectivity index (χ0n) is 11.2.